The highest BCUT2D eigenvalue weighted by molar-refractivity contribution is 5.86. The van der Waals surface area contributed by atoms with Crippen LogP contribution in [0.3, 0.4) is 0 Å². The fraction of sp³-hybridized carbons (Fsp3) is 0.231. The number of para-hydroxylation sites is 1. The van der Waals surface area contributed by atoms with Gasteiger partial charge in [0.05, 0.1) is 5.52 Å². The number of carboxylic acids is 1. The number of aromatic nitrogens is 2. The SMILES string of the molecule is CC(C)n1c(/C=C/C(=O)O)nc2c(F)cccc21. The normalized spacial score (nSPS) is 11.8. The van der Waals surface area contributed by atoms with E-state index >= 15 is 0 Å². The number of fused-ring (bicyclic) bond motifs is 1. The summed E-state index contributed by atoms with van der Waals surface area (Å²) in [6, 6.07) is 4.78. The number of carboxylic acid groups (broad SMARTS) is 1. The Morgan fingerprint density at radius 1 is 1.50 bits per heavy atom. The average molecular weight is 248 g/mol. The van der Waals surface area contributed by atoms with Gasteiger partial charge in [0.25, 0.3) is 0 Å². The smallest absolute Gasteiger partial charge is 0.328 e. The molecule has 0 spiro atoms. The van der Waals surface area contributed by atoms with Crippen LogP contribution in [-0.2, 0) is 4.79 Å². The monoisotopic (exact) mass is 248 g/mol. The minimum atomic E-state index is -1.06. The lowest BCUT2D eigenvalue weighted by atomic mass is 10.3. The Labute approximate surface area is 103 Å². The molecule has 0 amide bonds. The summed E-state index contributed by atoms with van der Waals surface area (Å²) in [5.41, 5.74) is 0.922. The number of hydrogen-bond acceptors (Lipinski definition) is 2. The molecule has 1 heterocycles. The van der Waals surface area contributed by atoms with Gasteiger partial charge in [-0.15, -0.1) is 0 Å². The summed E-state index contributed by atoms with van der Waals surface area (Å²) < 4.78 is 15.4. The Bertz CT molecular complexity index is 629. The summed E-state index contributed by atoms with van der Waals surface area (Å²) in [6.07, 6.45) is 2.37. The van der Waals surface area contributed by atoms with Gasteiger partial charge in [-0.2, -0.15) is 0 Å². The van der Waals surface area contributed by atoms with Gasteiger partial charge in [0, 0.05) is 12.1 Å². The first-order chi connectivity index (χ1) is 8.50. The zero-order valence-electron chi connectivity index (χ0n) is 10.1. The molecule has 94 valence electrons. The van der Waals surface area contributed by atoms with E-state index in [9.17, 15) is 9.18 Å². The van der Waals surface area contributed by atoms with Crippen molar-refractivity contribution in [2.24, 2.45) is 0 Å². The van der Waals surface area contributed by atoms with Crippen molar-refractivity contribution in [1.29, 1.82) is 0 Å². The first kappa shape index (κ1) is 12.3. The predicted octanol–water partition coefficient (Wildman–Crippen LogP) is 2.85. The molecule has 0 bridgehead atoms. The van der Waals surface area contributed by atoms with Crippen LogP contribution in [0.5, 0.6) is 0 Å². The van der Waals surface area contributed by atoms with Crippen molar-refractivity contribution in [3.63, 3.8) is 0 Å². The molecule has 1 aromatic carbocycles. The molecule has 2 aromatic rings. The van der Waals surface area contributed by atoms with E-state index in [2.05, 4.69) is 4.98 Å². The zero-order valence-corrected chi connectivity index (χ0v) is 10.1. The van der Waals surface area contributed by atoms with Crippen molar-refractivity contribution in [1.82, 2.24) is 9.55 Å². The molecule has 1 aromatic heterocycles. The van der Waals surface area contributed by atoms with Crippen molar-refractivity contribution < 1.29 is 14.3 Å². The lowest BCUT2D eigenvalue weighted by molar-refractivity contribution is -0.131. The molecule has 18 heavy (non-hydrogen) atoms. The molecular weight excluding hydrogens is 235 g/mol. The number of imidazole rings is 1. The standard InChI is InChI=1S/C13H13FN2O2/c1-8(2)16-10-5-3-4-9(14)13(10)15-11(16)6-7-12(17)18/h3-8H,1-2H3,(H,17,18)/b7-6+. The Morgan fingerprint density at radius 2 is 2.22 bits per heavy atom. The van der Waals surface area contributed by atoms with E-state index in [0.29, 0.717) is 11.3 Å². The molecule has 0 saturated heterocycles. The summed E-state index contributed by atoms with van der Waals surface area (Å²) in [5, 5.41) is 8.64. The van der Waals surface area contributed by atoms with E-state index in [4.69, 9.17) is 5.11 Å². The summed E-state index contributed by atoms with van der Waals surface area (Å²) >= 11 is 0. The van der Waals surface area contributed by atoms with Crippen molar-refractivity contribution in [3.8, 4) is 0 Å². The number of halogens is 1. The second kappa shape index (κ2) is 4.60. The molecule has 2 rings (SSSR count). The second-order valence-corrected chi connectivity index (χ2v) is 4.21. The van der Waals surface area contributed by atoms with Crippen LogP contribution < -0.4 is 0 Å². The third-order valence-corrected chi connectivity index (χ3v) is 2.59. The quantitative estimate of drug-likeness (QED) is 0.850. The number of aliphatic carboxylic acids is 1. The van der Waals surface area contributed by atoms with Gasteiger partial charge in [0.15, 0.2) is 5.82 Å². The van der Waals surface area contributed by atoms with Crippen LogP contribution in [0, 0.1) is 5.82 Å². The lowest BCUT2D eigenvalue weighted by Crippen LogP contribution is -2.03. The zero-order chi connectivity index (χ0) is 13.3. The van der Waals surface area contributed by atoms with Crippen molar-refractivity contribution in [2.75, 3.05) is 0 Å². The van der Waals surface area contributed by atoms with Crippen LogP contribution in [-0.4, -0.2) is 20.6 Å². The van der Waals surface area contributed by atoms with Crippen LogP contribution in [0.4, 0.5) is 4.39 Å². The Balaban J connectivity index is 2.69. The van der Waals surface area contributed by atoms with Gasteiger partial charge in [0.2, 0.25) is 0 Å². The largest absolute Gasteiger partial charge is 0.478 e. The molecule has 0 aliphatic rings. The molecular formula is C13H13FN2O2. The number of carbonyl (C=O) groups is 1. The Kier molecular flexibility index (Phi) is 3.14. The number of hydrogen-bond donors (Lipinski definition) is 1. The molecule has 0 fully saturated rings. The molecule has 5 heteroatoms. The molecule has 0 atom stereocenters. The van der Waals surface area contributed by atoms with Crippen LogP contribution >= 0.6 is 0 Å². The van der Waals surface area contributed by atoms with Crippen molar-refractivity contribution in [2.45, 2.75) is 19.9 Å². The van der Waals surface area contributed by atoms with E-state index in [0.717, 1.165) is 6.08 Å². The number of nitrogens with zero attached hydrogens (tertiary/aromatic N) is 2. The van der Waals surface area contributed by atoms with Gasteiger partial charge in [0.1, 0.15) is 11.3 Å². The molecule has 0 aliphatic carbocycles. The van der Waals surface area contributed by atoms with Crippen LogP contribution in [0.2, 0.25) is 0 Å². The molecule has 0 radical (unpaired) electrons. The minimum Gasteiger partial charge on any atom is -0.478 e. The van der Waals surface area contributed by atoms with Crippen LogP contribution in [0.15, 0.2) is 24.3 Å². The maximum absolute atomic E-state index is 13.6. The third kappa shape index (κ3) is 2.11. The van der Waals surface area contributed by atoms with Gasteiger partial charge >= 0.3 is 5.97 Å². The van der Waals surface area contributed by atoms with Crippen molar-refractivity contribution in [3.05, 3.63) is 35.9 Å². The van der Waals surface area contributed by atoms with Crippen LogP contribution in [0.1, 0.15) is 25.7 Å². The van der Waals surface area contributed by atoms with Gasteiger partial charge in [-0.1, -0.05) is 6.07 Å². The average Bonchev–Trinajstić information content (AvgIpc) is 2.66. The first-order valence-electron chi connectivity index (χ1n) is 5.58. The Morgan fingerprint density at radius 3 is 2.83 bits per heavy atom. The fourth-order valence-corrected chi connectivity index (χ4v) is 1.91. The molecule has 0 aliphatic heterocycles. The number of rotatable bonds is 3. The van der Waals surface area contributed by atoms with E-state index < -0.39 is 11.8 Å². The van der Waals surface area contributed by atoms with Crippen LogP contribution in [0.25, 0.3) is 17.1 Å². The maximum Gasteiger partial charge on any atom is 0.328 e. The molecule has 1 N–H and O–H groups in total. The minimum absolute atomic E-state index is 0.0604. The lowest BCUT2D eigenvalue weighted by Gasteiger charge is -2.10. The number of benzene rings is 1. The summed E-state index contributed by atoms with van der Waals surface area (Å²) in [7, 11) is 0. The highest BCUT2D eigenvalue weighted by Crippen LogP contribution is 2.23. The molecule has 0 unspecified atom stereocenters. The highest BCUT2D eigenvalue weighted by atomic mass is 19.1. The summed E-state index contributed by atoms with van der Waals surface area (Å²) in [5.74, 6) is -1.03. The first-order valence-corrected chi connectivity index (χ1v) is 5.58. The Hall–Kier alpha value is -2.17. The van der Waals surface area contributed by atoms with Gasteiger partial charge < -0.3 is 9.67 Å². The highest BCUT2D eigenvalue weighted by Gasteiger charge is 2.13. The summed E-state index contributed by atoms with van der Waals surface area (Å²) in [4.78, 5) is 14.7. The van der Waals surface area contributed by atoms with Gasteiger partial charge in [-0.05, 0) is 32.1 Å². The fourth-order valence-electron chi connectivity index (χ4n) is 1.91. The maximum atomic E-state index is 13.6. The summed E-state index contributed by atoms with van der Waals surface area (Å²) in [6.45, 7) is 3.87. The molecule has 0 saturated carbocycles. The second-order valence-electron chi connectivity index (χ2n) is 4.21. The third-order valence-electron chi connectivity index (χ3n) is 2.59. The van der Waals surface area contributed by atoms with E-state index in [1.165, 1.54) is 12.1 Å². The van der Waals surface area contributed by atoms with E-state index in [1.807, 2.05) is 13.8 Å². The molecule has 4 nitrogen and oxygen atoms in total. The van der Waals surface area contributed by atoms with E-state index in [1.54, 1.807) is 16.7 Å². The van der Waals surface area contributed by atoms with Crippen molar-refractivity contribution >= 4 is 23.1 Å². The van der Waals surface area contributed by atoms with Gasteiger partial charge in [-0.3, -0.25) is 0 Å². The van der Waals surface area contributed by atoms with E-state index in [-0.39, 0.29) is 11.6 Å². The predicted molar refractivity (Wildman–Crippen MR) is 66.7 cm³/mol. The topological polar surface area (TPSA) is 55.1 Å². The van der Waals surface area contributed by atoms with Gasteiger partial charge in [-0.25, -0.2) is 14.2 Å².